The van der Waals surface area contributed by atoms with Crippen molar-refractivity contribution in [1.82, 2.24) is 5.32 Å². The van der Waals surface area contributed by atoms with Gasteiger partial charge in [0, 0.05) is 4.76 Å². The Labute approximate surface area is 106 Å². The molecule has 3 unspecified atom stereocenters. The van der Waals surface area contributed by atoms with Crippen LogP contribution in [0.25, 0.3) is 0 Å². The Morgan fingerprint density at radius 3 is 2.84 bits per heavy atom. The molecule has 6 N–H and O–H groups in total. The van der Waals surface area contributed by atoms with E-state index < -0.39 is 31.0 Å². The Morgan fingerprint density at radius 1 is 1.53 bits per heavy atom. The lowest BCUT2D eigenvalue weighted by Gasteiger charge is -2.19. The summed E-state index contributed by atoms with van der Waals surface area (Å²) in [6, 6.07) is 0. The van der Waals surface area contributed by atoms with Crippen molar-refractivity contribution in [3.63, 3.8) is 0 Å². The second kappa shape index (κ2) is 4.93. The molecule has 0 aliphatic carbocycles. The van der Waals surface area contributed by atoms with Crippen molar-refractivity contribution in [2.24, 2.45) is 15.7 Å². The Balaban J connectivity index is 2.38. The molecule has 0 saturated carbocycles. The minimum Gasteiger partial charge on any atom is -0.394 e. The number of nitrogens with one attached hydrogen (secondary N) is 1. The molecular formula is C9H12N5O5+. The predicted octanol–water partition coefficient (Wildman–Crippen LogP) is -3.45. The topological polar surface area (TPSA) is 161 Å². The maximum atomic E-state index is 11.7. The molecule has 0 spiro atoms. The number of carbonyl (C=O) groups is 1. The summed E-state index contributed by atoms with van der Waals surface area (Å²) >= 11 is 0. The molecule has 0 bridgehead atoms. The number of nitrogens with two attached hydrogens (primary N) is 1. The zero-order chi connectivity index (χ0) is 14.2. The molecule has 2 heterocycles. The second-order valence-electron chi connectivity index (χ2n) is 3.91. The van der Waals surface area contributed by atoms with E-state index in [0.29, 0.717) is 0 Å². The minimum absolute atomic E-state index is 0.226. The largest absolute Gasteiger partial charge is 0.396 e. The number of amides is 1. The Bertz CT molecular complexity index is 525. The number of hydrogen-bond donors (Lipinski definition) is 5. The molecule has 0 saturated heterocycles. The van der Waals surface area contributed by atoms with Gasteiger partial charge in [0.25, 0.3) is 12.2 Å². The Hall–Kier alpha value is -2.01. The van der Waals surface area contributed by atoms with E-state index in [1.165, 1.54) is 0 Å². The zero-order valence-electron chi connectivity index (χ0n) is 9.59. The first-order valence-corrected chi connectivity index (χ1v) is 5.32. The molecule has 19 heavy (non-hydrogen) atoms. The summed E-state index contributed by atoms with van der Waals surface area (Å²) in [7, 11) is 0. The number of hydrogen-bond acceptors (Lipinski definition) is 8. The Kier molecular flexibility index (Phi) is 3.48. The number of fused-ring (bicyclic) bond motifs is 1. The number of nitrogens with zero attached hydrogens (tertiary/aromatic N) is 3. The van der Waals surface area contributed by atoms with E-state index in [0.717, 1.165) is 6.20 Å². The lowest BCUT2D eigenvalue weighted by Crippen LogP contribution is -2.53. The summed E-state index contributed by atoms with van der Waals surface area (Å²) in [6.45, 7) is -0.722. The SMILES string of the molecule is NC1N=C2C(=NC(C(O)C(O)CO)=C[N+]2=O)C(=O)N1. The van der Waals surface area contributed by atoms with E-state index in [1.807, 2.05) is 0 Å². The molecule has 0 radical (unpaired) electrons. The maximum Gasteiger partial charge on any atom is 0.396 e. The van der Waals surface area contributed by atoms with Crippen molar-refractivity contribution >= 4 is 17.5 Å². The van der Waals surface area contributed by atoms with Gasteiger partial charge >= 0.3 is 5.84 Å². The van der Waals surface area contributed by atoms with Crippen molar-refractivity contribution in [2.75, 3.05) is 6.61 Å². The van der Waals surface area contributed by atoms with Gasteiger partial charge in [0.2, 0.25) is 5.71 Å². The molecule has 0 aromatic carbocycles. The summed E-state index contributed by atoms with van der Waals surface area (Å²) in [5, 5.41) is 29.9. The highest BCUT2D eigenvalue weighted by atomic mass is 16.4. The van der Waals surface area contributed by atoms with E-state index in [9.17, 15) is 19.9 Å². The first-order chi connectivity index (χ1) is 8.93. The molecule has 102 valence electrons. The highest BCUT2D eigenvalue weighted by Gasteiger charge is 2.41. The summed E-state index contributed by atoms with van der Waals surface area (Å²) in [4.78, 5) is 30.7. The normalized spacial score (nSPS) is 25.7. The molecule has 1 amide bonds. The number of aliphatic hydroxyl groups excluding tert-OH is 3. The van der Waals surface area contributed by atoms with Crippen molar-refractivity contribution in [3.05, 3.63) is 16.8 Å². The second-order valence-corrected chi connectivity index (χ2v) is 3.91. The third kappa shape index (κ3) is 2.42. The molecule has 10 heteroatoms. The molecule has 0 aromatic rings. The molecular weight excluding hydrogens is 258 g/mol. The van der Waals surface area contributed by atoms with E-state index in [4.69, 9.17) is 10.8 Å². The van der Waals surface area contributed by atoms with Crippen LogP contribution in [0.1, 0.15) is 0 Å². The van der Waals surface area contributed by atoms with Crippen LogP contribution in [-0.2, 0) is 4.79 Å². The van der Waals surface area contributed by atoms with Crippen LogP contribution >= 0.6 is 0 Å². The van der Waals surface area contributed by atoms with Crippen LogP contribution in [0.4, 0.5) is 0 Å². The van der Waals surface area contributed by atoms with Crippen LogP contribution in [0, 0.1) is 4.91 Å². The minimum atomic E-state index is -1.60. The van der Waals surface area contributed by atoms with Gasteiger partial charge in [-0.15, -0.1) is 0 Å². The average Bonchev–Trinajstić information content (AvgIpc) is 2.38. The molecule has 2 rings (SSSR count). The third-order valence-electron chi connectivity index (χ3n) is 2.52. The molecule has 0 fully saturated rings. The van der Waals surface area contributed by atoms with Gasteiger partial charge in [0.1, 0.15) is 17.9 Å². The summed E-state index contributed by atoms with van der Waals surface area (Å²) in [5.41, 5.74) is 4.81. The third-order valence-corrected chi connectivity index (χ3v) is 2.52. The van der Waals surface area contributed by atoms with Crippen LogP contribution in [0.15, 0.2) is 21.9 Å². The van der Waals surface area contributed by atoms with Crippen LogP contribution < -0.4 is 11.1 Å². The number of carbonyl (C=O) groups excluding carboxylic acids is 1. The van der Waals surface area contributed by atoms with E-state index >= 15 is 0 Å². The van der Waals surface area contributed by atoms with Gasteiger partial charge in [-0.2, -0.15) is 0 Å². The lowest BCUT2D eigenvalue weighted by molar-refractivity contribution is -0.349. The lowest BCUT2D eigenvalue weighted by atomic mass is 10.1. The van der Waals surface area contributed by atoms with Gasteiger partial charge in [-0.05, 0) is 4.99 Å². The quantitative estimate of drug-likeness (QED) is 0.335. The number of rotatable bonds is 3. The van der Waals surface area contributed by atoms with Crippen molar-refractivity contribution in [1.29, 1.82) is 0 Å². The summed E-state index contributed by atoms with van der Waals surface area (Å²) in [6.07, 6.45) is -3.30. The zero-order valence-corrected chi connectivity index (χ0v) is 9.59. The fourth-order valence-electron chi connectivity index (χ4n) is 1.57. The first kappa shape index (κ1) is 13.4. The summed E-state index contributed by atoms with van der Waals surface area (Å²) < 4.78 is 0.226. The number of amidine groups is 1. The summed E-state index contributed by atoms with van der Waals surface area (Å²) in [5.74, 6) is -0.986. The van der Waals surface area contributed by atoms with Gasteiger partial charge in [-0.3, -0.25) is 15.8 Å². The van der Waals surface area contributed by atoms with Crippen molar-refractivity contribution in [2.45, 2.75) is 18.5 Å². The highest BCUT2D eigenvalue weighted by Crippen LogP contribution is 2.15. The average molecular weight is 270 g/mol. The molecule has 10 nitrogen and oxygen atoms in total. The molecule has 3 atom stereocenters. The monoisotopic (exact) mass is 270 g/mol. The number of nitroso groups, excluding NO2 is 1. The smallest absolute Gasteiger partial charge is 0.394 e. The number of aliphatic hydroxyl groups is 3. The maximum absolute atomic E-state index is 11.7. The van der Waals surface area contributed by atoms with Gasteiger partial charge in [-0.1, -0.05) is 4.91 Å². The van der Waals surface area contributed by atoms with Crippen LogP contribution in [0.3, 0.4) is 0 Å². The van der Waals surface area contributed by atoms with E-state index in [1.54, 1.807) is 0 Å². The van der Waals surface area contributed by atoms with Crippen LogP contribution in [-0.4, -0.2) is 62.6 Å². The van der Waals surface area contributed by atoms with Gasteiger partial charge in [-0.25, -0.2) is 4.99 Å². The standard InChI is InChI=1S/C9H11N5O5/c10-9-12-7-5(8(18)13-9)11-3(1-14(7)19)6(17)4(16)2-15/h1,4,6,9,15-17H,2,10H2/p+1. The number of aliphatic imine (C=N–C) groups is 2. The molecule has 0 aromatic heterocycles. The highest BCUT2D eigenvalue weighted by molar-refractivity contribution is 6.65. The van der Waals surface area contributed by atoms with Crippen molar-refractivity contribution < 1.29 is 24.9 Å². The first-order valence-electron chi connectivity index (χ1n) is 5.32. The van der Waals surface area contributed by atoms with Gasteiger partial charge < -0.3 is 15.3 Å². The van der Waals surface area contributed by atoms with Crippen LogP contribution in [0.5, 0.6) is 0 Å². The fourth-order valence-corrected chi connectivity index (χ4v) is 1.57. The van der Waals surface area contributed by atoms with E-state index in [-0.39, 0.29) is 22.0 Å². The fraction of sp³-hybridized carbons (Fsp3) is 0.444. The molecule has 2 aliphatic rings. The van der Waals surface area contributed by atoms with Crippen molar-refractivity contribution in [3.8, 4) is 0 Å². The Morgan fingerprint density at radius 2 is 2.21 bits per heavy atom. The van der Waals surface area contributed by atoms with E-state index in [2.05, 4.69) is 15.3 Å². The predicted molar refractivity (Wildman–Crippen MR) is 61.8 cm³/mol. The van der Waals surface area contributed by atoms with Crippen LogP contribution in [0.2, 0.25) is 0 Å². The molecule has 2 aliphatic heterocycles. The van der Waals surface area contributed by atoms with Gasteiger partial charge in [0.05, 0.1) is 6.61 Å². The van der Waals surface area contributed by atoms with Gasteiger partial charge in [0.15, 0.2) is 6.20 Å².